The number of nitro groups is 1. The van der Waals surface area contributed by atoms with Crippen LogP contribution >= 0.6 is 23.4 Å². The highest BCUT2D eigenvalue weighted by Gasteiger charge is 2.18. The summed E-state index contributed by atoms with van der Waals surface area (Å²) < 4.78 is 5.00. The lowest BCUT2D eigenvalue weighted by Crippen LogP contribution is -2.15. The van der Waals surface area contributed by atoms with Gasteiger partial charge in [0.05, 0.1) is 15.5 Å². The Kier molecular flexibility index (Phi) is 6.17. The zero-order chi connectivity index (χ0) is 18.6. The maximum absolute atomic E-state index is 12.1. The van der Waals surface area contributed by atoms with Gasteiger partial charge >= 0.3 is 5.97 Å². The van der Waals surface area contributed by atoms with Crippen molar-refractivity contribution >= 4 is 40.8 Å². The fourth-order valence-corrected chi connectivity index (χ4v) is 2.69. The topological polar surface area (TPSA) is 86.5 Å². The molecule has 2 rings (SSSR count). The number of thioether (sulfide) groups is 1. The molecule has 0 N–H and O–H groups in total. The molecule has 6 nitrogen and oxygen atoms in total. The second-order valence-corrected chi connectivity index (χ2v) is 6.39. The number of ketones is 1. The summed E-state index contributed by atoms with van der Waals surface area (Å²) >= 11 is 7.42. The normalized spacial score (nSPS) is 10.4. The quantitative estimate of drug-likeness (QED) is 0.244. The molecular formula is C17H14ClNO5S. The Balaban J connectivity index is 2.11. The van der Waals surface area contributed by atoms with Crippen molar-refractivity contribution in [2.45, 2.75) is 11.8 Å². The number of hydrogen-bond donors (Lipinski definition) is 0. The van der Waals surface area contributed by atoms with Crippen molar-refractivity contribution in [1.29, 1.82) is 0 Å². The van der Waals surface area contributed by atoms with E-state index in [1.807, 2.05) is 6.26 Å². The van der Waals surface area contributed by atoms with Crippen LogP contribution in [0.3, 0.4) is 0 Å². The molecule has 8 heteroatoms. The van der Waals surface area contributed by atoms with Crippen molar-refractivity contribution in [3.05, 3.63) is 68.2 Å². The second-order valence-electron chi connectivity index (χ2n) is 5.10. The molecule has 0 saturated carbocycles. The van der Waals surface area contributed by atoms with Gasteiger partial charge in [-0.25, -0.2) is 4.79 Å². The summed E-state index contributed by atoms with van der Waals surface area (Å²) in [6.07, 6.45) is 1.85. The highest BCUT2D eigenvalue weighted by Crippen LogP contribution is 2.24. The van der Waals surface area contributed by atoms with Gasteiger partial charge in [0.25, 0.3) is 5.69 Å². The van der Waals surface area contributed by atoms with Gasteiger partial charge in [-0.3, -0.25) is 14.9 Å². The van der Waals surface area contributed by atoms with E-state index in [9.17, 15) is 19.7 Å². The molecule has 0 amide bonds. The molecule has 0 aromatic heterocycles. The lowest BCUT2D eigenvalue weighted by atomic mass is 10.1. The van der Waals surface area contributed by atoms with E-state index in [0.29, 0.717) is 5.56 Å². The van der Waals surface area contributed by atoms with Crippen LogP contribution in [0.25, 0.3) is 0 Å². The first-order chi connectivity index (χ1) is 11.8. The molecule has 0 aliphatic carbocycles. The van der Waals surface area contributed by atoms with Crippen molar-refractivity contribution in [2.75, 3.05) is 12.9 Å². The maximum Gasteiger partial charge on any atom is 0.340 e. The molecule has 130 valence electrons. The largest absolute Gasteiger partial charge is 0.454 e. The molecule has 2 aromatic carbocycles. The van der Waals surface area contributed by atoms with Crippen molar-refractivity contribution in [1.82, 2.24) is 0 Å². The number of ether oxygens (including phenoxy) is 1. The van der Waals surface area contributed by atoms with E-state index in [2.05, 4.69) is 0 Å². The highest BCUT2D eigenvalue weighted by molar-refractivity contribution is 7.98. The van der Waals surface area contributed by atoms with Crippen molar-refractivity contribution in [2.24, 2.45) is 0 Å². The zero-order valence-electron chi connectivity index (χ0n) is 13.4. The van der Waals surface area contributed by atoms with Gasteiger partial charge in [-0.1, -0.05) is 23.7 Å². The number of Topliss-reactive ketones (excluding diaryl/α,β-unsaturated/α-hetero) is 1. The fraction of sp³-hybridized carbons (Fsp3) is 0.176. The molecule has 0 radical (unpaired) electrons. The van der Waals surface area contributed by atoms with E-state index in [0.717, 1.165) is 4.90 Å². The molecule has 25 heavy (non-hydrogen) atoms. The van der Waals surface area contributed by atoms with E-state index >= 15 is 0 Å². The Bertz CT molecular complexity index is 853. The Labute approximate surface area is 153 Å². The number of aryl methyl sites for hydroxylation is 1. The summed E-state index contributed by atoms with van der Waals surface area (Å²) in [6, 6.07) is 9.03. The molecule has 0 fully saturated rings. The third-order valence-electron chi connectivity index (χ3n) is 3.46. The van der Waals surface area contributed by atoms with Crippen LogP contribution in [0, 0.1) is 17.0 Å². The number of carbonyl (C=O) groups is 2. The van der Waals surface area contributed by atoms with Crippen LogP contribution in [0.5, 0.6) is 0 Å². The van der Waals surface area contributed by atoms with Gasteiger partial charge in [-0.2, -0.15) is 0 Å². The third kappa shape index (κ3) is 4.58. The summed E-state index contributed by atoms with van der Waals surface area (Å²) in [5.41, 5.74) is 0.553. The van der Waals surface area contributed by atoms with Gasteiger partial charge in [0, 0.05) is 22.1 Å². The van der Waals surface area contributed by atoms with Crippen LogP contribution in [0.4, 0.5) is 5.69 Å². The molecule has 0 bridgehead atoms. The fourth-order valence-electron chi connectivity index (χ4n) is 2.06. The average Bonchev–Trinajstić information content (AvgIpc) is 2.59. The predicted molar refractivity (Wildman–Crippen MR) is 95.7 cm³/mol. The van der Waals surface area contributed by atoms with Gasteiger partial charge in [-0.15, -0.1) is 11.8 Å². The Morgan fingerprint density at radius 2 is 1.96 bits per heavy atom. The van der Waals surface area contributed by atoms with Crippen LogP contribution < -0.4 is 0 Å². The van der Waals surface area contributed by atoms with Crippen molar-refractivity contribution < 1.29 is 19.2 Å². The number of hydrogen-bond acceptors (Lipinski definition) is 6. The minimum Gasteiger partial charge on any atom is -0.454 e. The molecule has 0 aliphatic heterocycles. The van der Waals surface area contributed by atoms with Crippen LogP contribution in [0.15, 0.2) is 41.3 Å². The lowest BCUT2D eigenvalue weighted by Gasteiger charge is -2.07. The van der Waals surface area contributed by atoms with E-state index in [-0.39, 0.29) is 21.8 Å². The van der Waals surface area contributed by atoms with Crippen molar-refractivity contribution in [3.63, 3.8) is 0 Å². The molecule has 0 unspecified atom stereocenters. The third-order valence-corrected chi connectivity index (χ3v) is 4.51. The van der Waals surface area contributed by atoms with Crippen LogP contribution in [0.1, 0.15) is 26.3 Å². The standard InChI is InChI=1S/C17H14ClNO5S/c1-10-3-4-11(7-15(10)19(22)23)16(20)9-24-17(21)13-8-12(25-2)5-6-14(13)18/h3-8H,9H2,1-2H3. The number of carbonyl (C=O) groups excluding carboxylic acids is 2. The number of rotatable bonds is 6. The summed E-state index contributed by atoms with van der Waals surface area (Å²) in [7, 11) is 0. The number of esters is 1. The second kappa shape index (κ2) is 8.13. The van der Waals surface area contributed by atoms with Gasteiger partial charge in [0.15, 0.2) is 6.61 Å². The molecule has 0 heterocycles. The molecule has 2 aromatic rings. The predicted octanol–water partition coefficient (Wildman–Crippen LogP) is 4.32. The molecular weight excluding hydrogens is 366 g/mol. The SMILES string of the molecule is CSc1ccc(Cl)c(C(=O)OCC(=O)c2ccc(C)c([N+](=O)[O-])c2)c1. The minimum atomic E-state index is -0.726. The van der Waals surface area contributed by atoms with Crippen LogP contribution in [0.2, 0.25) is 5.02 Å². The van der Waals surface area contributed by atoms with E-state index < -0.39 is 23.3 Å². The number of nitrogens with zero attached hydrogens (tertiary/aromatic N) is 1. The number of benzene rings is 2. The Morgan fingerprint density at radius 1 is 1.24 bits per heavy atom. The minimum absolute atomic E-state index is 0.106. The smallest absolute Gasteiger partial charge is 0.340 e. The van der Waals surface area contributed by atoms with Gasteiger partial charge in [0.2, 0.25) is 5.78 Å². The summed E-state index contributed by atoms with van der Waals surface area (Å²) in [5, 5.41) is 11.2. The summed E-state index contributed by atoms with van der Waals surface area (Å²) in [5.74, 6) is -1.26. The molecule has 0 atom stereocenters. The van der Waals surface area contributed by atoms with Crippen molar-refractivity contribution in [3.8, 4) is 0 Å². The summed E-state index contributed by atoms with van der Waals surface area (Å²) in [6.45, 7) is 1.05. The highest BCUT2D eigenvalue weighted by atomic mass is 35.5. The maximum atomic E-state index is 12.1. The van der Waals surface area contributed by atoms with Crippen LogP contribution in [-0.2, 0) is 4.74 Å². The molecule has 0 spiro atoms. The first-order valence-corrected chi connectivity index (χ1v) is 8.72. The number of nitro benzene ring substituents is 1. The monoisotopic (exact) mass is 379 g/mol. The van der Waals surface area contributed by atoms with E-state index in [1.54, 1.807) is 25.1 Å². The van der Waals surface area contributed by atoms with Gasteiger partial charge in [-0.05, 0) is 31.4 Å². The van der Waals surface area contributed by atoms with E-state index in [4.69, 9.17) is 16.3 Å². The van der Waals surface area contributed by atoms with E-state index in [1.165, 1.54) is 30.0 Å². The Hall–Kier alpha value is -2.38. The zero-order valence-corrected chi connectivity index (χ0v) is 15.0. The molecule has 0 aliphatic rings. The average molecular weight is 380 g/mol. The number of halogens is 1. The van der Waals surface area contributed by atoms with Gasteiger partial charge in [0.1, 0.15) is 0 Å². The first-order valence-electron chi connectivity index (χ1n) is 7.12. The Morgan fingerprint density at radius 3 is 2.60 bits per heavy atom. The lowest BCUT2D eigenvalue weighted by molar-refractivity contribution is -0.385. The van der Waals surface area contributed by atoms with Gasteiger partial charge < -0.3 is 4.74 Å². The first kappa shape index (κ1) is 19.0. The summed E-state index contributed by atoms with van der Waals surface area (Å²) in [4.78, 5) is 35.5. The van der Waals surface area contributed by atoms with Crippen LogP contribution in [-0.4, -0.2) is 29.5 Å². The molecule has 0 saturated heterocycles.